The highest BCUT2D eigenvalue weighted by Crippen LogP contribution is 2.28. The maximum atomic E-state index is 12.5. The van der Waals surface area contributed by atoms with Crippen LogP contribution in [0.4, 0.5) is 11.4 Å². The van der Waals surface area contributed by atoms with Crippen LogP contribution in [-0.2, 0) is 14.6 Å². The summed E-state index contributed by atoms with van der Waals surface area (Å²) in [7, 11) is -3.48. The summed E-state index contributed by atoms with van der Waals surface area (Å²) < 4.78 is 24.0. The lowest BCUT2D eigenvalue weighted by atomic mass is 10.2. The van der Waals surface area contributed by atoms with Crippen LogP contribution in [0.2, 0.25) is 5.02 Å². The van der Waals surface area contributed by atoms with Gasteiger partial charge in [0.05, 0.1) is 26.9 Å². The molecule has 0 spiro atoms. The van der Waals surface area contributed by atoms with E-state index in [2.05, 4.69) is 26.6 Å². The first kappa shape index (κ1) is 19.4. The largest absolute Gasteiger partial charge is 0.325 e. The number of amides is 2. The van der Waals surface area contributed by atoms with Crippen LogP contribution in [0.1, 0.15) is 17.3 Å². The van der Waals surface area contributed by atoms with Crippen LogP contribution in [0.5, 0.6) is 0 Å². The molecule has 0 unspecified atom stereocenters. The van der Waals surface area contributed by atoms with Crippen molar-refractivity contribution < 1.29 is 18.0 Å². The molecule has 6 nitrogen and oxygen atoms in total. The second kappa shape index (κ2) is 7.55. The smallest absolute Gasteiger partial charge is 0.257 e. The van der Waals surface area contributed by atoms with Crippen molar-refractivity contribution in [2.75, 3.05) is 16.9 Å². The Kier molecular flexibility index (Phi) is 5.87. The van der Waals surface area contributed by atoms with Gasteiger partial charge in [0.15, 0.2) is 9.84 Å². The van der Waals surface area contributed by atoms with E-state index >= 15 is 0 Å². The van der Waals surface area contributed by atoms with Crippen LogP contribution in [-0.4, -0.2) is 26.5 Å². The minimum Gasteiger partial charge on any atom is -0.325 e. The van der Waals surface area contributed by atoms with Gasteiger partial charge >= 0.3 is 0 Å². The van der Waals surface area contributed by atoms with E-state index in [4.69, 9.17) is 11.6 Å². The molecule has 2 aromatic rings. The molecule has 0 atom stereocenters. The zero-order valence-corrected chi connectivity index (χ0v) is 16.4. The SMILES string of the molecule is CC(=O)Nc1ccc(Br)cc1NC(=O)c1cc(S(C)(=O)=O)ccc1Cl. The molecule has 0 aromatic heterocycles. The van der Waals surface area contributed by atoms with E-state index < -0.39 is 15.7 Å². The van der Waals surface area contributed by atoms with E-state index in [9.17, 15) is 18.0 Å². The van der Waals surface area contributed by atoms with Crippen LogP contribution in [0.3, 0.4) is 0 Å². The quantitative estimate of drug-likeness (QED) is 0.750. The van der Waals surface area contributed by atoms with Gasteiger partial charge in [0, 0.05) is 17.7 Å². The maximum Gasteiger partial charge on any atom is 0.257 e. The van der Waals surface area contributed by atoms with Crippen molar-refractivity contribution >= 4 is 60.6 Å². The van der Waals surface area contributed by atoms with Crippen molar-refractivity contribution in [3.05, 3.63) is 51.5 Å². The number of nitrogens with one attached hydrogen (secondary N) is 2. The van der Waals surface area contributed by atoms with Gasteiger partial charge in [-0.15, -0.1) is 0 Å². The molecule has 0 saturated heterocycles. The summed E-state index contributed by atoms with van der Waals surface area (Å²) in [5, 5.41) is 5.35. The minimum absolute atomic E-state index is 0.0124. The molecule has 0 aliphatic carbocycles. The highest BCUT2D eigenvalue weighted by atomic mass is 79.9. The Morgan fingerprint density at radius 2 is 1.72 bits per heavy atom. The Morgan fingerprint density at radius 3 is 2.32 bits per heavy atom. The fourth-order valence-electron chi connectivity index (χ4n) is 2.02. The molecule has 0 heterocycles. The number of carbonyl (C=O) groups is 2. The number of anilines is 2. The Balaban J connectivity index is 2.41. The van der Waals surface area contributed by atoms with E-state index in [1.54, 1.807) is 18.2 Å². The van der Waals surface area contributed by atoms with Gasteiger partial charge in [-0.25, -0.2) is 8.42 Å². The molecule has 2 rings (SSSR count). The molecular formula is C16H14BrClN2O4S. The third kappa shape index (κ3) is 5.04. The zero-order valence-electron chi connectivity index (χ0n) is 13.3. The average Bonchev–Trinajstić information content (AvgIpc) is 2.48. The van der Waals surface area contributed by atoms with Gasteiger partial charge in [0.1, 0.15) is 0 Å². The topological polar surface area (TPSA) is 92.3 Å². The van der Waals surface area contributed by atoms with Crippen LogP contribution < -0.4 is 10.6 Å². The molecule has 0 bridgehead atoms. The third-order valence-corrected chi connectivity index (χ3v) is 5.08. The Morgan fingerprint density at radius 1 is 1.04 bits per heavy atom. The molecule has 0 aliphatic rings. The summed E-state index contributed by atoms with van der Waals surface area (Å²) >= 11 is 9.32. The fourth-order valence-corrected chi connectivity index (χ4v) is 3.23. The highest BCUT2D eigenvalue weighted by molar-refractivity contribution is 9.10. The van der Waals surface area contributed by atoms with Crippen LogP contribution in [0.25, 0.3) is 0 Å². The molecule has 2 aromatic carbocycles. The summed E-state index contributed by atoms with van der Waals surface area (Å²) in [6, 6.07) is 8.83. The molecule has 0 saturated carbocycles. The fraction of sp³-hybridized carbons (Fsp3) is 0.125. The summed E-state index contributed by atoms with van der Waals surface area (Å²) in [6.07, 6.45) is 1.04. The molecule has 0 aliphatic heterocycles. The van der Waals surface area contributed by atoms with Gasteiger partial charge in [-0.05, 0) is 36.4 Å². The molecule has 9 heteroatoms. The summed E-state index contributed by atoms with van der Waals surface area (Å²) in [5.41, 5.74) is 0.758. The number of rotatable bonds is 4. The number of carbonyl (C=O) groups excluding carboxylic acids is 2. The maximum absolute atomic E-state index is 12.5. The Labute approximate surface area is 158 Å². The van der Waals surface area contributed by atoms with E-state index in [-0.39, 0.29) is 21.4 Å². The lowest BCUT2D eigenvalue weighted by molar-refractivity contribution is -0.114. The van der Waals surface area contributed by atoms with Crippen molar-refractivity contribution in [1.82, 2.24) is 0 Å². The monoisotopic (exact) mass is 444 g/mol. The minimum atomic E-state index is -3.48. The van der Waals surface area contributed by atoms with Crippen molar-refractivity contribution in [3.63, 3.8) is 0 Å². The summed E-state index contributed by atoms with van der Waals surface area (Å²) in [6.45, 7) is 1.35. The molecular weight excluding hydrogens is 432 g/mol. The predicted molar refractivity (Wildman–Crippen MR) is 101 cm³/mol. The first-order valence-electron chi connectivity index (χ1n) is 6.96. The normalized spacial score (nSPS) is 11.0. The van der Waals surface area contributed by atoms with E-state index in [1.807, 2.05) is 0 Å². The average molecular weight is 446 g/mol. The molecule has 0 radical (unpaired) electrons. The molecule has 2 N–H and O–H groups in total. The number of benzene rings is 2. The van der Waals surface area contributed by atoms with Gasteiger partial charge in [0.25, 0.3) is 5.91 Å². The molecule has 132 valence electrons. The number of hydrogen-bond acceptors (Lipinski definition) is 4. The highest BCUT2D eigenvalue weighted by Gasteiger charge is 2.17. The van der Waals surface area contributed by atoms with Gasteiger partial charge in [0.2, 0.25) is 5.91 Å². The van der Waals surface area contributed by atoms with Gasteiger partial charge in [-0.1, -0.05) is 27.5 Å². The Hall–Kier alpha value is -1.90. The predicted octanol–water partition coefficient (Wildman–Crippen LogP) is 3.72. The lowest BCUT2D eigenvalue weighted by Crippen LogP contribution is -2.16. The number of hydrogen-bond donors (Lipinski definition) is 2. The van der Waals surface area contributed by atoms with Crippen molar-refractivity contribution in [1.29, 1.82) is 0 Å². The van der Waals surface area contributed by atoms with Gasteiger partial charge < -0.3 is 10.6 Å². The van der Waals surface area contributed by atoms with Gasteiger partial charge in [-0.2, -0.15) is 0 Å². The van der Waals surface area contributed by atoms with E-state index in [0.29, 0.717) is 15.8 Å². The summed E-state index contributed by atoms with van der Waals surface area (Å²) in [4.78, 5) is 23.8. The van der Waals surface area contributed by atoms with Gasteiger partial charge in [-0.3, -0.25) is 9.59 Å². The summed E-state index contributed by atoms with van der Waals surface area (Å²) in [5.74, 6) is -0.893. The van der Waals surface area contributed by atoms with E-state index in [0.717, 1.165) is 6.26 Å². The first-order valence-corrected chi connectivity index (χ1v) is 10.0. The second-order valence-electron chi connectivity index (χ2n) is 5.24. The first-order chi connectivity index (χ1) is 11.6. The van der Waals surface area contributed by atoms with Crippen molar-refractivity contribution in [3.8, 4) is 0 Å². The lowest BCUT2D eigenvalue weighted by Gasteiger charge is -2.13. The van der Waals surface area contributed by atoms with E-state index in [1.165, 1.54) is 25.1 Å². The second-order valence-corrected chi connectivity index (χ2v) is 8.58. The Bertz CT molecular complexity index is 961. The number of sulfone groups is 1. The zero-order chi connectivity index (χ0) is 18.8. The van der Waals surface area contributed by atoms with Crippen molar-refractivity contribution in [2.45, 2.75) is 11.8 Å². The third-order valence-electron chi connectivity index (χ3n) is 3.15. The van der Waals surface area contributed by atoms with Crippen molar-refractivity contribution in [2.24, 2.45) is 0 Å². The van der Waals surface area contributed by atoms with Crippen LogP contribution in [0, 0.1) is 0 Å². The standard InChI is InChI=1S/C16H14BrClN2O4S/c1-9(21)19-14-6-3-10(17)7-15(14)20-16(22)12-8-11(25(2,23)24)4-5-13(12)18/h3-8H,1-2H3,(H,19,21)(H,20,22). The number of halogens is 2. The molecule has 0 fully saturated rings. The van der Waals surface area contributed by atoms with Crippen LogP contribution in [0.15, 0.2) is 45.8 Å². The molecule has 25 heavy (non-hydrogen) atoms. The molecule has 2 amide bonds. The van der Waals surface area contributed by atoms with Crippen LogP contribution >= 0.6 is 27.5 Å².